The lowest BCUT2D eigenvalue weighted by molar-refractivity contribution is -0.384. The van der Waals surface area contributed by atoms with Gasteiger partial charge in [-0.3, -0.25) is 20.2 Å². The summed E-state index contributed by atoms with van der Waals surface area (Å²) in [7, 11) is 0. The fourth-order valence-corrected chi connectivity index (χ4v) is 4.37. The second-order valence-electron chi connectivity index (χ2n) is 8.04. The highest BCUT2D eigenvalue weighted by Gasteiger charge is 2.23. The number of carbonyl (C=O) groups is 1. The van der Waals surface area contributed by atoms with Gasteiger partial charge in [-0.05, 0) is 73.9 Å². The number of furan rings is 1. The Hall–Kier alpha value is -3.47. The molecule has 0 aliphatic carbocycles. The first-order valence-corrected chi connectivity index (χ1v) is 11.8. The third-order valence-corrected chi connectivity index (χ3v) is 6.20. The van der Waals surface area contributed by atoms with Crippen molar-refractivity contribution in [2.75, 3.05) is 23.3 Å². The molecule has 3 aromatic rings. The second-order valence-corrected chi connectivity index (χ2v) is 8.85. The fraction of sp³-hybridized carbons (Fsp3) is 0.250. The molecular formula is C24H23ClN4O5S. The molecule has 35 heavy (non-hydrogen) atoms. The predicted octanol–water partition coefficient (Wildman–Crippen LogP) is 5.12. The Balaban J connectivity index is 1.47. The van der Waals surface area contributed by atoms with Crippen LogP contribution in [-0.2, 0) is 6.61 Å². The third kappa shape index (κ3) is 5.79. The number of benzene rings is 2. The van der Waals surface area contributed by atoms with Gasteiger partial charge in [0.25, 0.3) is 11.6 Å². The number of nitrogens with one attached hydrogen (secondary N) is 2. The maximum atomic E-state index is 12.8. The quantitative estimate of drug-likeness (QED) is 0.235. The van der Waals surface area contributed by atoms with Gasteiger partial charge < -0.3 is 19.7 Å². The molecule has 9 nitrogen and oxygen atoms in total. The third-order valence-electron chi connectivity index (χ3n) is 5.67. The zero-order valence-corrected chi connectivity index (χ0v) is 20.2. The summed E-state index contributed by atoms with van der Waals surface area (Å²) in [6.07, 6.45) is 3.07. The van der Waals surface area contributed by atoms with Gasteiger partial charge in [0.2, 0.25) is 0 Å². The molecule has 1 fully saturated rings. The largest absolute Gasteiger partial charge is 0.459 e. The van der Waals surface area contributed by atoms with Gasteiger partial charge in [0.1, 0.15) is 23.8 Å². The van der Waals surface area contributed by atoms with Crippen LogP contribution >= 0.6 is 23.8 Å². The van der Waals surface area contributed by atoms with E-state index >= 15 is 0 Å². The summed E-state index contributed by atoms with van der Waals surface area (Å²) in [6.45, 7) is 1.27. The van der Waals surface area contributed by atoms with Crippen LogP contribution in [-0.4, -0.2) is 34.1 Å². The molecule has 2 heterocycles. The maximum Gasteiger partial charge on any atom is 0.293 e. The Morgan fingerprint density at radius 2 is 1.91 bits per heavy atom. The highest BCUT2D eigenvalue weighted by Crippen LogP contribution is 2.33. The number of thiocarbonyl (C=S) groups is 1. The van der Waals surface area contributed by atoms with E-state index in [1.165, 1.54) is 6.07 Å². The zero-order chi connectivity index (χ0) is 24.9. The Labute approximate surface area is 211 Å². The summed E-state index contributed by atoms with van der Waals surface area (Å²) >= 11 is 11.5. The molecule has 1 aliphatic heterocycles. The van der Waals surface area contributed by atoms with Crippen molar-refractivity contribution in [3.63, 3.8) is 0 Å². The number of amides is 1. The molecular weight excluding hydrogens is 492 g/mol. The summed E-state index contributed by atoms with van der Waals surface area (Å²) in [5.74, 6) is 0.306. The SMILES string of the molecule is O=C(NC(=S)Nc1ccc(Cl)c(-c2ccc(CO)o2)c1)c1ccc(N2CCCCC2)c([N+](=O)[O-])c1. The highest BCUT2D eigenvalue weighted by molar-refractivity contribution is 7.80. The minimum absolute atomic E-state index is 0.0153. The first-order chi connectivity index (χ1) is 16.9. The topological polar surface area (TPSA) is 121 Å². The summed E-state index contributed by atoms with van der Waals surface area (Å²) in [6, 6.07) is 12.8. The van der Waals surface area contributed by atoms with Crippen LogP contribution in [0, 0.1) is 10.1 Å². The molecule has 3 N–H and O–H groups in total. The highest BCUT2D eigenvalue weighted by atomic mass is 35.5. The van der Waals surface area contributed by atoms with Crippen molar-refractivity contribution >= 4 is 51.9 Å². The first kappa shape index (κ1) is 24.6. The molecule has 0 atom stereocenters. The first-order valence-electron chi connectivity index (χ1n) is 11.0. The van der Waals surface area contributed by atoms with Gasteiger partial charge in [0, 0.05) is 36.0 Å². The Bertz CT molecular complexity index is 1270. The molecule has 1 saturated heterocycles. The number of rotatable bonds is 6. The van der Waals surface area contributed by atoms with Crippen LogP contribution in [0.3, 0.4) is 0 Å². The van der Waals surface area contributed by atoms with Crippen molar-refractivity contribution in [3.8, 4) is 11.3 Å². The molecule has 0 spiro atoms. The molecule has 11 heteroatoms. The number of hydrogen-bond donors (Lipinski definition) is 3. The lowest BCUT2D eigenvalue weighted by Gasteiger charge is -2.28. The maximum absolute atomic E-state index is 12.8. The minimum atomic E-state index is -0.566. The van der Waals surface area contributed by atoms with Crippen molar-refractivity contribution in [3.05, 3.63) is 75.0 Å². The van der Waals surface area contributed by atoms with Gasteiger partial charge in [-0.2, -0.15) is 0 Å². The van der Waals surface area contributed by atoms with Crippen molar-refractivity contribution in [1.82, 2.24) is 5.32 Å². The van der Waals surface area contributed by atoms with E-state index in [-0.39, 0.29) is 23.0 Å². The number of aliphatic hydroxyl groups is 1. The van der Waals surface area contributed by atoms with E-state index in [0.29, 0.717) is 33.5 Å². The van der Waals surface area contributed by atoms with E-state index in [1.54, 1.807) is 42.5 Å². The molecule has 1 aromatic heterocycles. The number of carbonyl (C=O) groups excluding carboxylic acids is 1. The van der Waals surface area contributed by atoms with Crippen molar-refractivity contribution in [2.45, 2.75) is 25.9 Å². The number of halogens is 1. The van der Waals surface area contributed by atoms with Gasteiger partial charge in [-0.15, -0.1) is 0 Å². The summed E-state index contributed by atoms with van der Waals surface area (Å²) < 4.78 is 5.54. The number of hydrogen-bond acceptors (Lipinski definition) is 7. The summed E-state index contributed by atoms with van der Waals surface area (Å²) in [4.78, 5) is 25.9. The molecule has 1 aliphatic rings. The van der Waals surface area contributed by atoms with Gasteiger partial charge in [0.15, 0.2) is 5.11 Å². The summed E-state index contributed by atoms with van der Waals surface area (Å²) in [5.41, 5.74) is 1.66. The van der Waals surface area contributed by atoms with E-state index in [2.05, 4.69) is 10.6 Å². The minimum Gasteiger partial charge on any atom is -0.459 e. The fourth-order valence-electron chi connectivity index (χ4n) is 3.95. The molecule has 0 bridgehead atoms. The van der Waals surface area contributed by atoms with Crippen LogP contribution in [0.2, 0.25) is 5.02 Å². The second kappa shape index (κ2) is 10.9. The smallest absolute Gasteiger partial charge is 0.293 e. The Morgan fingerprint density at radius 1 is 1.14 bits per heavy atom. The molecule has 182 valence electrons. The van der Waals surface area contributed by atoms with Crippen molar-refractivity contribution < 1.29 is 19.2 Å². The van der Waals surface area contributed by atoms with Gasteiger partial charge in [0.05, 0.1) is 9.95 Å². The van der Waals surface area contributed by atoms with E-state index in [4.69, 9.17) is 28.2 Å². The van der Waals surface area contributed by atoms with Crippen molar-refractivity contribution in [2.24, 2.45) is 0 Å². The molecule has 1 amide bonds. The molecule has 4 rings (SSSR count). The lowest BCUT2D eigenvalue weighted by Crippen LogP contribution is -2.34. The van der Waals surface area contributed by atoms with E-state index < -0.39 is 10.8 Å². The average Bonchev–Trinajstić information content (AvgIpc) is 3.34. The number of anilines is 2. The van der Waals surface area contributed by atoms with Crippen LogP contribution in [0.1, 0.15) is 35.4 Å². The van der Waals surface area contributed by atoms with Crippen LogP contribution in [0.25, 0.3) is 11.3 Å². The number of nitrogens with zero attached hydrogens (tertiary/aromatic N) is 2. The van der Waals surface area contributed by atoms with Gasteiger partial charge in [-0.25, -0.2) is 0 Å². The van der Waals surface area contributed by atoms with E-state index in [1.807, 2.05) is 4.90 Å². The molecule has 0 radical (unpaired) electrons. The van der Waals surface area contributed by atoms with Crippen LogP contribution in [0.5, 0.6) is 0 Å². The number of nitro benzene ring substituents is 1. The van der Waals surface area contributed by atoms with Crippen LogP contribution in [0.15, 0.2) is 52.9 Å². The lowest BCUT2D eigenvalue weighted by atomic mass is 10.1. The Morgan fingerprint density at radius 3 is 2.60 bits per heavy atom. The predicted molar refractivity (Wildman–Crippen MR) is 138 cm³/mol. The van der Waals surface area contributed by atoms with Gasteiger partial charge in [-0.1, -0.05) is 11.6 Å². The van der Waals surface area contributed by atoms with Crippen LogP contribution < -0.4 is 15.5 Å². The van der Waals surface area contributed by atoms with E-state index in [0.717, 1.165) is 32.4 Å². The average molecular weight is 515 g/mol. The molecule has 0 saturated carbocycles. The van der Waals surface area contributed by atoms with Crippen LogP contribution in [0.4, 0.5) is 17.1 Å². The standard InChI is InChI=1S/C24H23ClN4O5S/c25-19-7-5-16(13-18(19)22-9-6-17(14-30)34-22)26-24(35)27-23(31)15-4-8-20(21(12-15)29(32)33)28-10-2-1-3-11-28/h4-9,12-13,30H,1-3,10-11,14H2,(H2,26,27,31,35). The normalized spacial score (nSPS) is 13.4. The van der Waals surface area contributed by atoms with E-state index in [9.17, 15) is 20.0 Å². The number of piperidine rings is 1. The number of aliphatic hydroxyl groups excluding tert-OH is 1. The van der Waals surface area contributed by atoms with Crippen molar-refractivity contribution in [1.29, 1.82) is 0 Å². The zero-order valence-electron chi connectivity index (χ0n) is 18.6. The summed E-state index contributed by atoms with van der Waals surface area (Å²) in [5, 5.41) is 26.8. The van der Waals surface area contributed by atoms with Gasteiger partial charge >= 0.3 is 0 Å². The monoisotopic (exact) mass is 514 g/mol. The Kier molecular flexibility index (Phi) is 7.64. The molecule has 2 aromatic carbocycles. The number of nitro groups is 1. The molecule has 0 unspecified atom stereocenters.